The maximum atomic E-state index is 13.2. The summed E-state index contributed by atoms with van der Waals surface area (Å²) in [6.45, 7) is 6.20. The minimum atomic E-state index is -3.72. The third-order valence-corrected chi connectivity index (χ3v) is 7.54. The van der Waals surface area contributed by atoms with Crippen LogP contribution in [0.25, 0.3) is 0 Å². The average molecular weight is 440 g/mol. The molecule has 1 aliphatic rings. The van der Waals surface area contributed by atoms with Crippen LogP contribution in [-0.4, -0.2) is 30.3 Å². The van der Waals surface area contributed by atoms with Gasteiger partial charge in [-0.1, -0.05) is 35.5 Å². The van der Waals surface area contributed by atoms with Gasteiger partial charge in [-0.2, -0.15) is 4.31 Å². The highest BCUT2D eigenvalue weighted by atomic mass is 32.2. The Balaban J connectivity index is 1.54. The molecule has 31 heavy (non-hydrogen) atoms. The zero-order valence-corrected chi connectivity index (χ0v) is 18.6. The Labute approximate surface area is 182 Å². The summed E-state index contributed by atoms with van der Waals surface area (Å²) in [6.07, 6.45) is 0.671. The van der Waals surface area contributed by atoms with Crippen molar-refractivity contribution in [3.63, 3.8) is 0 Å². The number of carbonyl (C=O) groups is 1. The van der Waals surface area contributed by atoms with Gasteiger partial charge in [0.1, 0.15) is 5.76 Å². The predicted octanol–water partition coefficient (Wildman–Crippen LogP) is 3.53. The van der Waals surface area contributed by atoms with Gasteiger partial charge in [0.25, 0.3) is 5.91 Å². The number of nitrogens with one attached hydrogen (secondary N) is 1. The molecule has 0 aliphatic carbocycles. The number of nitrogens with zero attached hydrogens (tertiary/aromatic N) is 2. The van der Waals surface area contributed by atoms with Gasteiger partial charge in [0.15, 0.2) is 0 Å². The smallest absolute Gasteiger partial charge is 0.251 e. The molecule has 0 saturated carbocycles. The topological polar surface area (TPSA) is 92.5 Å². The van der Waals surface area contributed by atoms with Crippen LogP contribution >= 0.6 is 0 Å². The second kappa shape index (κ2) is 8.28. The number of hydrogen-bond donors (Lipinski definition) is 1. The summed E-state index contributed by atoms with van der Waals surface area (Å²) in [4.78, 5) is 12.9. The Hall–Kier alpha value is -2.97. The van der Waals surface area contributed by atoms with Crippen molar-refractivity contribution < 1.29 is 17.7 Å². The molecule has 1 aliphatic heterocycles. The number of amides is 1. The lowest BCUT2D eigenvalue weighted by Crippen LogP contribution is -2.36. The number of rotatable bonds is 5. The van der Waals surface area contributed by atoms with Gasteiger partial charge in [-0.05, 0) is 56.5 Å². The van der Waals surface area contributed by atoms with Crippen molar-refractivity contribution in [3.05, 3.63) is 82.2 Å². The van der Waals surface area contributed by atoms with Gasteiger partial charge in [-0.25, -0.2) is 8.42 Å². The fourth-order valence-corrected chi connectivity index (χ4v) is 5.55. The van der Waals surface area contributed by atoms with Gasteiger partial charge in [0, 0.05) is 24.2 Å². The first kappa shape index (κ1) is 21.3. The van der Waals surface area contributed by atoms with E-state index in [4.69, 9.17) is 4.52 Å². The third-order valence-electron chi connectivity index (χ3n) is 5.70. The molecule has 0 radical (unpaired) electrons. The van der Waals surface area contributed by atoms with E-state index in [1.165, 1.54) is 22.0 Å². The first-order chi connectivity index (χ1) is 14.8. The highest BCUT2D eigenvalue weighted by Gasteiger charge is 2.29. The van der Waals surface area contributed by atoms with Crippen LogP contribution in [-0.2, 0) is 23.0 Å². The van der Waals surface area contributed by atoms with E-state index in [1.807, 2.05) is 38.1 Å². The van der Waals surface area contributed by atoms with Crippen LogP contribution in [0.15, 0.2) is 57.9 Å². The normalized spacial score (nSPS) is 15.3. The van der Waals surface area contributed by atoms with Gasteiger partial charge in [0.05, 0.1) is 16.6 Å². The highest BCUT2D eigenvalue weighted by Crippen LogP contribution is 2.26. The van der Waals surface area contributed by atoms with Crippen molar-refractivity contribution in [1.29, 1.82) is 0 Å². The standard InChI is InChI=1S/C23H25N3O4S/c1-15(22-16(2)25-30-17(22)3)24-23(27)19-9-6-10-21(13-19)31(28,29)26-12-11-18-7-4-5-8-20(18)14-26/h4-10,13,15H,11-12,14H2,1-3H3,(H,24,27). The van der Waals surface area contributed by atoms with Crippen LogP contribution < -0.4 is 5.32 Å². The molecule has 7 nitrogen and oxygen atoms in total. The van der Waals surface area contributed by atoms with E-state index >= 15 is 0 Å². The number of carbonyl (C=O) groups excluding carboxylic acids is 1. The van der Waals surface area contributed by atoms with Gasteiger partial charge in [-0.3, -0.25) is 4.79 Å². The molecule has 0 bridgehead atoms. The van der Waals surface area contributed by atoms with E-state index in [2.05, 4.69) is 10.5 Å². The largest absolute Gasteiger partial charge is 0.361 e. The molecule has 0 spiro atoms. The molecule has 2 aromatic carbocycles. The van der Waals surface area contributed by atoms with E-state index < -0.39 is 10.0 Å². The third kappa shape index (κ3) is 4.13. The van der Waals surface area contributed by atoms with Crippen molar-refractivity contribution in [2.75, 3.05) is 6.54 Å². The lowest BCUT2D eigenvalue weighted by molar-refractivity contribution is 0.0939. The van der Waals surface area contributed by atoms with Gasteiger partial charge >= 0.3 is 0 Å². The Bertz CT molecular complexity index is 1210. The fourth-order valence-electron chi connectivity index (χ4n) is 4.08. The van der Waals surface area contributed by atoms with E-state index in [9.17, 15) is 13.2 Å². The van der Waals surface area contributed by atoms with Crippen LogP contribution in [0.2, 0.25) is 0 Å². The van der Waals surface area contributed by atoms with Crippen molar-refractivity contribution in [2.45, 2.75) is 44.7 Å². The Kier molecular flexibility index (Phi) is 5.68. The quantitative estimate of drug-likeness (QED) is 0.657. The van der Waals surface area contributed by atoms with Crippen LogP contribution in [0.5, 0.6) is 0 Å². The minimum Gasteiger partial charge on any atom is -0.361 e. The SMILES string of the molecule is Cc1noc(C)c1C(C)NC(=O)c1cccc(S(=O)(=O)N2CCc3ccccc3C2)c1. The van der Waals surface area contributed by atoms with Gasteiger partial charge < -0.3 is 9.84 Å². The highest BCUT2D eigenvalue weighted by molar-refractivity contribution is 7.89. The number of benzene rings is 2. The van der Waals surface area contributed by atoms with Gasteiger partial charge in [0.2, 0.25) is 10.0 Å². The van der Waals surface area contributed by atoms with Crippen molar-refractivity contribution >= 4 is 15.9 Å². The van der Waals surface area contributed by atoms with E-state index in [0.717, 1.165) is 11.1 Å². The molecule has 4 rings (SSSR count). The summed E-state index contributed by atoms with van der Waals surface area (Å²) in [7, 11) is -3.72. The second-order valence-electron chi connectivity index (χ2n) is 7.82. The number of sulfonamides is 1. The Morgan fingerprint density at radius 3 is 2.58 bits per heavy atom. The van der Waals surface area contributed by atoms with Crippen molar-refractivity contribution in [2.24, 2.45) is 0 Å². The van der Waals surface area contributed by atoms with E-state index in [1.54, 1.807) is 19.1 Å². The Morgan fingerprint density at radius 1 is 1.13 bits per heavy atom. The van der Waals surface area contributed by atoms with Crippen molar-refractivity contribution in [1.82, 2.24) is 14.8 Å². The molecule has 1 N–H and O–H groups in total. The average Bonchev–Trinajstić information content (AvgIpc) is 3.11. The maximum Gasteiger partial charge on any atom is 0.251 e. The molecular weight excluding hydrogens is 414 g/mol. The van der Waals surface area contributed by atoms with Crippen LogP contribution in [0, 0.1) is 13.8 Å². The monoisotopic (exact) mass is 439 g/mol. The molecule has 1 atom stereocenters. The Morgan fingerprint density at radius 2 is 1.87 bits per heavy atom. The zero-order chi connectivity index (χ0) is 22.2. The fraction of sp³-hybridized carbons (Fsp3) is 0.304. The molecule has 162 valence electrons. The van der Waals surface area contributed by atoms with Crippen LogP contribution in [0.1, 0.15) is 51.5 Å². The summed E-state index contributed by atoms with van der Waals surface area (Å²) in [5.41, 5.74) is 4.02. The zero-order valence-electron chi connectivity index (χ0n) is 17.8. The van der Waals surface area contributed by atoms with Crippen LogP contribution in [0.3, 0.4) is 0 Å². The molecule has 0 saturated heterocycles. The molecule has 3 aromatic rings. The summed E-state index contributed by atoms with van der Waals surface area (Å²) < 4.78 is 33.1. The van der Waals surface area contributed by atoms with E-state index in [-0.39, 0.29) is 22.4 Å². The molecule has 1 amide bonds. The molecule has 2 heterocycles. The summed E-state index contributed by atoms with van der Waals surface area (Å²) in [5, 5.41) is 6.82. The second-order valence-corrected chi connectivity index (χ2v) is 9.76. The first-order valence-electron chi connectivity index (χ1n) is 10.2. The molecule has 8 heteroatoms. The first-order valence-corrected chi connectivity index (χ1v) is 11.6. The molecule has 1 unspecified atom stereocenters. The maximum absolute atomic E-state index is 13.2. The van der Waals surface area contributed by atoms with Crippen molar-refractivity contribution in [3.8, 4) is 0 Å². The predicted molar refractivity (Wildman–Crippen MR) is 116 cm³/mol. The molecular formula is C23H25N3O4S. The lowest BCUT2D eigenvalue weighted by atomic mass is 10.0. The number of hydrogen-bond acceptors (Lipinski definition) is 5. The summed E-state index contributed by atoms with van der Waals surface area (Å²) in [6, 6.07) is 13.7. The number of fused-ring (bicyclic) bond motifs is 1. The number of aromatic nitrogens is 1. The molecule has 1 aromatic heterocycles. The van der Waals surface area contributed by atoms with Crippen LogP contribution in [0.4, 0.5) is 0 Å². The number of aryl methyl sites for hydroxylation is 2. The molecule has 0 fully saturated rings. The summed E-state index contributed by atoms with van der Waals surface area (Å²) >= 11 is 0. The van der Waals surface area contributed by atoms with E-state index in [0.29, 0.717) is 31.0 Å². The lowest BCUT2D eigenvalue weighted by Gasteiger charge is -2.28. The minimum absolute atomic E-state index is 0.115. The summed E-state index contributed by atoms with van der Waals surface area (Å²) in [5.74, 6) is 0.292. The van der Waals surface area contributed by atoms with Gasteiger partial charge in [-0.15, -0.1) is 0 Å².